The second-order valence-corrected chi connectivity index (χ2v) is 7.58. The van der Waals surface area contributed by atoms with E-state index < -0.39 is 10.0 Å². The third-order valence-corrected chi connectivity index (χ3v) is 5.69. The Hall–Kier alpha value is -0.130. The summed E-state index contributed by atoms with van der Waals surface area (Å²) < 4.78 is 26.6. The maximum Gasteiger partial charge on any atom is 0.211 e. The van der Waals surface area contributed by atoms with Crippen molar-refractivity contribution in [2.24, 2.45) is 0 Å². The van der Waals surface area contributed by atoms with Crippen molar-refractivity contribution in [3.63, 3.8) is 0 Å². The first-order valence-electron chi connectivity index (χ1n) is 7.35. The highest BCUT2D eigenvalue weighted by Gasteiger charge is 2.31. The SMILES string of the molecule is CCCCS(=O)(=O)N[C@H]1CCN(C2CCCC2)C1. The molecule has 106 valence electrons. The third kappa shape index (κ3) is 3.93. The molecule has 1 saturated carbocycles. The number of hydrogen-bond donors (Lipinski definition) is 1. The monoisotopic (exact) mass is 274 g/mol. The van der Waals surface area contributed by atoms with Crippen molar-refractivity contribution in [3.8, 4) is 0 Å². The summed E-state index contributed by atoms with van der Waals surface area (Å²) in [6, 6.07) is 0.864. The summed E-state index contributed by atoms with van der Waals surface area (Å²) in [7, 11) is -3.05. The van der Waals surface area contributed by atoms with E-state index in [-0.39, 0.29) is 11.8 Å². The van der Waals surface area contributed by atoms with E-state index in [2.05, 4.69) is 9.62 Å². The van der Waals surface area contributed by atoms with Crippen molar-refractivity contribution in [2.75, 3.05) is 18.8 Å². The van der Waals surface area contributed by atoms with E-state index in [1.165, 1.54) is 25.7 Å². The molecule has 2 fully saturated rings. The molecule has 1 atom stereocenters. The summed E-state index contributed by atoms with van der Waals surface area (Å²) in [5.41, 5.74) is 0. The summed E-state index contributed by atoms with van der Waals surface area (Å²) in [5.74, 6) is 0.281. The number of nitrogens with one attached hydrogen (secondary N) is 1. The molecular formula is C13H26N2O2S. The molecule has 4 nitrogen and oxygen atoms in total. The lowest BCUT2D eigenvalue weighted by Gasteiger charge is -2.23. The van der Waals surface area contributed by atoms with Gasteiger partial charge in [0.2, 0.25) is 10.0 Å². The molecule has 0 spiro atoms. The van der Waals surface area contributed by atoms with E-state index >= 15 is 0 Å². The highest BCUT2D eigenvalue weighted by Crippen LogP contribution is 2.26. The maximum absolute atomic E-state index is 11.8. The zero-order valence-corrected chi connectivity index (χ0v) is 12.2. The van der Waals surface area contributed by atoms with Crippen LogP contribution in [0.25, 0.3) is 0 Å². The first kappa shape index (κ1) is 14.3. The van der Waals surface area contributed by atoms with Crippen LogP contribution in [0.1, 0.15) is 51.9 Å². The first-order chi connectivity index (χ1) is 8.61. The second kappa shape index (κ2) is 6.35. The molecular weight excluding hydrogens is 248 g/mol. The topological polar surface area (TPSA) is 49.4 Å². The van der Waals surface area contributed by atoms with Crippen LogP contribution >= 0.6 is 0 Å². The van der Waals surface area contributed by atoms with Crippen LogP contribution in [-0.2, 0) is 10.0 Å². The minimum atomic E-state index is -3.05. The molecule has 0 unspecified atom stereocenters. The zero-order chi connectivity index (χ0) is 13.0. The van der Waals surface area contributed by atoms with Gasteiger partial charge in [-0.25, -0.2) is 13.1 Å². The number of nitrogens with zero attached hydrogens (tertiary/aromatic N) is 1. The number of rotatable bonds is 6. The van der Waals surface area contributed by atoms with Crippen molar-refractivity contribution >= 4 is 10.0 Å². The van der Waals surface area contributed by atoms with Crippen LogP contribution in [0.3, 0.4) is 0 Å². The van der Waals surface area contributed by atoms with Gasteiger partial charge in [0.1, 0.15) is 0 Å². The van der Waals surface area contributed by atoms with Crippen LogP contribution < -0.4 is 4.72 Å². The van der Waals surface area contributed by atoms with Gasteiger partial charge in [-0.2, -0.15) is 0 Å². The number of unbranched alkanes of at least 4 members (excludes halogenated alkanes) is 1. The largest absolute Gasteiger partial charge is 0.299 e. The molecule has 0 radical (unpaired) electrons. The molecule has 2 aliphatic rings. The van der Waals surface area contributed by atoms with Crippen LogP contribution in [0.15, 0.2) is 0 Å². The van der Waals surface area contributed by atoms with Crippen LogP contribution in [0.5, 0.6) is 0 Å². The van der Waals surface area contributed by atoms with Crippen LogP contribution in [0.2, 0.25) is 0 Å². The maximum atomic E-state index is 11.8. The van der Waals surface area contributed by atoms with Gasteiger partial charge in [0.15, 0.2) is 0 Å². The Morgan fingerprint density at radius 1 is 1.22 bits per heavy atom. The van der Waals surface area contributed by atoms with E-state index in [1.807, 2.05) is 6.92 Å². The lowest BCUT2D eigenvalue weighted by molar-refractivity contribution is 0.242. The summed E-state index contributed by atoms with van der Waals surface area (Å²) >= 11 is 0. The molecule has 1 heterocycles. The molecule has 0 aromatic heterocycles. The lowest BCUT2D eigenvalue weighted by Crippen LogP contribution is -2.40. The molecule has 1 aliphatic heterocycles. The summed E-state index contributed by atoms with van der Waals surface area (Å²) in [5, 5.41) is 0. The minimum Gasteiger partial charge on any atom is -0.299 e. The predicted octanol–water partition coefficient (Wildman–Crippen LogP) is 1.72. The Kier molecular flexibility index (Phi) is 5.04. The van der Waals surface area contributed by atoms with Gasteiger partial charge in [0.05, 0.1) is 5.75 Å². The second-order valence-electron chi connectivity index (χ2n) is 5.71. The van der Waals surface area contributed by atoms with Crippen LogP contribution in [0.4, 0.5) is 0 Å². The molecule has 0 aromatic carbocycles. The molecule has 1 N–H and O–H groups in total. The molecule has 2 rings (SSSR count). The molecule has 0 bridgehead atoms. The fourth-order valence-corrected chi connectivity index (χ4v) is 4.62. The van der Waals surface area contributed by atoms with Gasteiger partial charge in [-0.05, 0) is 25.7 Å². The average molecular weight is 274 g/mol. The highest BCUT2D eigenvalue weighted by molar-refractivity contribution is 7.89. The standard InChI is InChI=1S/C13H26N2O2S/c1-2-3-10-18(16,17)14-12-8-9-15(11-12)13-6-4-5-7-13/h12-14H,2-11H2,1H3/t12-/m0/s1. The number of hydrogen-bond acceptors (Lipinski definition) is 3. The van der Waals surface area contributed by atoms with Crippen molar-refractivity contribution < 1.29 is 8.42 Å². The smallest absolute Gasteiger partial charge is 0.211 e. The highest BCUT2D eigenvalue weighted by atomic mass is 32.2. The predicted molar refractivity (Wildman–Crippen MR) is 74.1 cm³/mol. The normalized spacial score (nSPS) is 27.1. The Balaban J connectivity index is 1.78. The summed E-state index contributed by atoms with van der Waals surface area (Å²) in [6.45, 7) is 3.99. The number of likely N-dealkylation sites (tertiary alicyclic amines) is 1. The fourth-order valence-electron chi connectivity index (χ4n) is 3.13. The van der Waals surface area contributed by atoms with Gasteiger partial charge >= 0.3 is 0 Å². The van der Waals surface area contributed by atoms with Gasteiger partial charge in [0, 0.05) is 25.2 Å². The van der Waals surface area contributed by atoms with Crippen molar-refractivity contribution in [1.82, 2.24) is 9.62 Å². The van der Waals surface area contributed by atoms with E-state index in [0.717, 1.165) is 38.4 Å². The van der Waals surface area contributed by atoms with E-state index in [4.69, 9.17) is 0 Å². The molecule has 0 amide bonds. The van der Waals surface area contributed by atoms with Gasteiger partial charge in [-0.15, -0.1) is 0 Å². The Labute approximate surface area is 111 Å². The summed E-state index contributed by atoms with van der Waals surface area (Å²) in [6.07, 6.45) is 7.95. The van der Waals surface area contributed by atoms with Crippen molar-refractivity contribution in [2.45, 2.75) is 64.0 Å². The van der Waals surface area contributed by atoms with Gasteiger partial charge in [0.25, 0.3) is 0 Å². The lowest BCUT2D eigenvalue weighted by atomic mass is 10.2. The Morgan fingerprint density at radius 3 is 2.61 bits per heavy atom. The molecule has 0 aromatic rings. The van der Waals surface area contributed by atoms with Crippen LogP contribution in [0, 0.1) is 0 Å². The molecule has 18 heavy (non-hydrogen) atoms. The molecule has 1 aliphatic carbocycles. The average Bonchev–Trinajstić information content (AvgIpc) is 2.95. The van der Waals surface area contributed by atoms with Gasteiger partial charge < -0.3 is 0 Å². The third-order valence-electron chi connectivity index (χ3n) is 4.17. The van der Waals surface area contributed by atoms with Crippen LogP contribution in [-0.4, -0.2) is 44.2 Å². The zero-order valence-electron chi connectivity index (χ0n) is 11.4. The molecule has 5 heteroatoms. The quantitative estimate of drug-likeness (QED) is 0.802. The van der Waals surface area contributed by atoms with E-state index in [1.54, 1.807) is 0 Å². The fraction of sp³-hybridized carbons (Fsp3) is 1.00. The Morgan fingerprint density at radius 2 is 1.94 bits per heavy atom. The minimum absolute atomic E-state index is 0.146. The van der Waals surface area contributed by atoms with Crippen molar-refractivity contribution in [3.05, 3.63) is 0 Å². The molecule has 1 saturated heterocycles. The first-order valence-corrected chi connectivity index (χ1v) is 9.00. The van der Waals surface area contributed by atoms with E-state index in [9.17, 15) is 8.42 Å². The Bertz CT molecular complexity index is 350. The van der Waals surface area contributed by atoms with Gasteiger partial charge in [-0.3, -0.25) is 4.90 Å². The van der Waals surface area contributed by atoms with E-state index in [0.29, 0.717) is 0 Å². The van der Waals surface area contributed by atoms with Gasteiger partial charge in [-0.1, -0.05) is 26.2 Å². The van der Waals surface area contributed by atoms with Crippen molar-refractivity contribution in [1.29, 1.82) is 0 Å². The summed E-state index contributed by atoms with van der Waals surface area (Å²) in [4.78, 5) is 2.49. The number of sulfonamides is 1.